The largest absolute Gasteiger partial charge is 0.314 e. The Kier molecular flexibility index (Phi) is 3.99. The highest BCUT2D eigenvalue weighted by Gasteiger charge is 2.22. The number of rotatable bonds is 5. The molecule has 0 aromatic carbocycles. The second-order valence-corrected chi connectivity index (χ2v) is 5.01. The van der Waals surface area contributed by atoms with Crippen LogP contribution in [0, 0.1) is 5.92 Å². The Hall–Kier alpha value is -0.830. The van der Waals surface area contributed by atoms with E-state index in [4.69, 9.17) is 0 Å². The molecule has 3 nitrogen and oxygen atoms in total. The average molecular weight is 221 g/mol. The fourth-order valence-corrected chi connectivity index (χ4v) is 2.65. The fourth-order valence-electron chi connectivity index (χ4n) is 2.65. The molecule has 3 heteroatoms. The molecule has 90 valence electrons. The third kappa shape index (κ3) is 3.08. The Bertz CT molecular complexity index is 319. The Balaban J connectivity index is 1.65. The summed E-state index contributed by atoms with van der Waals surface area (Å²) >= 11 is 0. The van der Waals surface area contributed by atoms with Crippen molar-refractivity contribution in [3.8, 4) is 0 Å². The lowest BCUT2D eigenvalue weighted by atomic mass is 10.1. The van der Waals surface area contributed by atoms with Crippen molar-refractivity contribution in [3.05, 3.63) is 18.0 Å². The summed E-state index contributed by atoms with van der Waals surface area (Å²) in [6.45, 7) is 3.40. The maximum absolute atomic E-state index is 4.18. The van der Waals surface area contributed by atoms with Gasteiger partial charge in [-0.15, -0.1) is 0 Å². The summed E-state index contributed by atoms with van der Waals surface area (Å²) in [4.78, 5) is 0. The van der Waals surface area contributed by atoms with E-state index in [9.17, 15) is 0 Å². The molecule has 1 aliphatic carbocycles. The zero-order valence-corrected chi connectivity index (χ0v) is 10.4. The van der Waals surface area contributed by atoms with Crippen molar-refractivity contribution in [3.63, 3.8) is 0 Å². The standard InChI is InChI=1S/C13H23N3/c1-3-11-4-5-13(8-11)14-7-6-12-9-15-16(2)10-12/h9-11,13-14H,3-8H2,1-2H3. The molecule has 0 aliphatic heterocycles. The van der Waals surface area contributed by atoms with Crippen LogP contribution in [0.15, 0.2) is 12.4 Å². The van der Waals surface area contributed by atoms with E-state index in [1.807, 2.05) is 17.9 Å². The Labute approximate surface area is 98.2 Å². The fraction of sp³-hybridized carbons (Fsp3) is 0.769. The van der Waals surface area contributed by atoms with Gasteiger partial charge in [0.15, 0.2) is 0 Å². The Morgan fingerprint density at radius 3 is 3.00 bits per heavy atom. The third-order valence-electron chi connectivity index (χ3n) is 3.72. The zero-order valence-electron chi connectivity index (χ0n) is 10.4. The summed E-state index contributed by atoms with van der Waals surface area (Å²) in [7, 11) is 1.97. The van der Waals surface area contributed by atoms with Crippen LogP contribution in [0.5, 0.6) is 0 Å². The minimum atomic E-state index is 0.765. The van der Waals surface area contributed by atoms with Crippen LogP contribution in [-0.2, 0) is 13.5 Å². The van der Waals surface area contributed by atoms with E-state index in [1.165, 1.54) is 31.2 Å². The molecule has 2 atom stereocenters. The van der Waals surface area contributed by atoms with Gasteiger partial charge in [0.25, 0.3) is 0 Å². The molecule has 0 saturated heterocycles. The average Bonchev–Trinajstić information content (AvgIpc) is 2.88. The quantitative estimate of drug-likeness (QED) is 0.825. The first kappa shape index (κ1) is 11.6. The zero-order chi connectivity index (χ0) is 11.4. The third-order valence-corrected chi connectivity index (χ3v) is 3.72. The molecule has 1 aliphatic rings. The molecule has 1 heterocycles. The topological polar surface area (TPSA) is 29.9 Å². The van der Waals surface area contributed by atoms with Crippen LogP contribution in [0.25, 0.3) is 0 Å². The lowest BCUT2D eigenvalue weighted by Crippen LogP contribution is -2.28. The molecule has 2 unspecified atom stereocenters. The molecular weight excluding hydrogens is 198 g/mol. The number of nitrogens with zero attached hydrogens (tertiary/aromatic N) is 2. The van der Waals surface area contributed by atoms with Gasteiger partial charge in [0.1, 0.15) is 0 Å². The van der Waals surface area contributed by atoms with Crippen LogP contribution in [0.3, 0.4) is 0 Å². The van der Waals surface area contributed by atoms with E-state index < -0.39 is 0 Å². The van der Waals surface area contributed by atoms with E-state index in [2.05, 4.69) is 23.5 Å². The van der Waals surface area contributed by atoms with E-state index in [-0.39, 0.29) is 0 Å². The van der Waals surface area contributed by atoms with Gasteiger partial charge in [-0.3, -0.25) is 4.68 Å². The number of hydrogen-bond donors (Lipinski definition) is 1. The van der Waals surface area contributed by atoms with Crippen LogP contribution < -0.4 is 5.32 Å². The predicted molar refractivity (Wildman–Crippen MR) is 66.3 cm³/mol. The van der Waals surface area contributed by atoms with E-state index in [1.54, 1.807) is 0 Å². The second-order valence-electron chi connectivity index (χ2n) is 5.01. The highest BCUT2D eigenvalue weighted by atomic mass is 15.2. The van der Waals surface area contributed by atoms with Crippen molar-refractivity contribution in [1.82, 2.24) is 15.1 Å². The molecule has 1 saturated carbocycles. The predicted octanol–water partition coefficient (Wildman–Crippen LogP) is 2.13. The number of hydrogen-bond acceptors (Lipinski definition) is 2. The summed E-state index contributed by atoms with van der Waals surface area (Å²) in [5, 5.41) is 7.85. The molecule has 0 bridgehead atoms. The smallest absolute Gasteiger partial charge is 0.0522 e. The lowest BCUT2D eigenvalue weighted by molar-refractivity contribution is 0.479. The van der Waals surface area contributed by atoms with Crippen molar-refractivity contribution in [2.24, 2.45) is 13.0 Å². The second kappa shape index (κ2) is 5.48. The Morgan fingerprint density at radius 2 is 2.38 bits per heavy atom. The van der Waals surface area contributed by atoms with Gasteiger partial charge in [-0.25, -0.2) is 0 Å². The summed E-state index contributed by atoms with van der Waals surface area (Å²) in [6, 6.07) is 0.765. The molecule has 2 rings (SSSR count). The highest BCUT2D eigenvalue weighted by molar-refractivity contribution is 5.04. The van der Waals surface area contributed by atoms with Gasteiger partial charge in [0, 0.05) is 19.3 Å². The Morgan fingerprint density at radius 1 is 1.50 bits per heavy atom. The van der Waals surface area contributed by atoms with Crippen LogP contribution in [0.1, 0.15) is 38.2 Å². The molecule has 1 aromatic heterocycles. The van der Waals surface area contributed by atoms with Gasteiger partial charge >= 0.3 is 0 Å². The summed E-state index contributed by atoms with van der Waals surface area (Å²) in [5.41, 5.74) is 1.33. The summed E-state index contributed by atoms with van der Waals surface area (Å²) < 4.78 is 1.87. The highest BCUT2D eigenvalue weighted by Crippen LogP contribution is 2.27. The lowest BCUT2D eigenvalue weighted by Gasteiger charge is -2.12. The molecule has 0 spiro atoms. The first-order chi connectivity index (χ1) is 7.78. The van der Waals surface area contributed by atoms with Gasteiger partial charge in [-0.2, -0.15) is 5.10 Å². The van der Waals surface area contributed by atoms with Crippen LogP contribution in [0.4, 0.5) is 0 Å². The van der Waals surface area contributed by atoms with E-state index >= 15 is 0 Å². The van der Waals surface area contributed by atoms with Crippen molar-refractivity contribution in [1.29, 1.82) is 0 Å². The maximum atomic E-state index is 4.18. The normalized spacial score (nSPS) is 25.1. The molecule has 1 fully saturated rings. The summed E-state index contributed by atoms with van der Waals surface area (Å²) in [5.74, 6) is 0.968. The van der Waals surface area contributed by atoms with Crippen molar-refractivity contribution >= 4 is 0 Å². The van der Waals surface area contributed by atoms with E-state index in [0.717, 1.165) is 24.9 Å². The van der Waals surface area contributed by atoms with Gasteiger partial charge in [0.2, 0.25) is 0 Å². The van der Waals surface area contributed by atoms with Crippen molar-refractivity contribution < 1.29 is 0 Å². The molecule has 0 amide bonds. The van der Waals surface area contributed by atoms with Crippen LogP contribution in [0.2, 0.25) is 0 Å². The van der Waals surface area contributed by atoms with Gasteiger partial charge in [0.05, 0.1) is 6.20 Å². The van der Waals surface area contributed by atoms with Crippen molar-refractivity contribution in [2.45, 2.75) is 45.1 Å². The molecular formula is C13H23N3. The first-order valence-corrected chi connectivity index (χ1v) is 6.49. The van der Waals surface area contributed by atoms with Gasteiger partial charge < -0.3 is 5.32 Å². The molecule has 1 aromatic rings. The minimum Gasteiger partial charge on any atom is -0.314 e. The summed E-state index contributed by atoms with van der Waals surface area (Å²) in [6.07, 6.45) is 10.7. The number of aromatic nitrogens is 2. The molecule has 1 N–H and O–H groups in total. The minimum absolute atomic E-state index is 0.765. The van der Waals surface area contributed by atoms with Crippen molar-refractivity contribution in [2.75, 3.05) is 6.54 Å². The number of aryl methyl sites for hydroxylation is 1. The molecule has 0 radical (unpaired) electrons. The maximum Gasteiger partial charge on any atom is 0.0522 e. The molecule has 16 heavy (non-hydrogen) atoms. The number of nitrogens with one attached hydrogen (secondary N) is 1. The monoisotopic (exact) mass is 221 g/mol. The van der Waals surface area contributed by atoms with Crippen LogP contribution in [-0.4, -0.2) is 22.4 Å². The van der Waals surface area contributed by atoms with Crippen LogP contribution >= 0.6 is 0 Å². The van der Waals surface area contributed by atoms with Gasteiger partial charge in [-0.05, 0) is 43.7 Å². The van der Waals surface area contributed by atoms with Gasteiger partial charge in [-0.1, -0.05) is 13.3 Å². The van der Waals surface area contributed by atoms with E-state index in [0.29, 0.717) is 0 Å². The SMILES string of the molecule is CCC1CCC(NCCc2cnn(C)c2)C1. The first-order valence-electron chi connectivity index (χ1n) is 6.49.